The number of aromatic nitrogens is 3. The Hall–Kier alpha value is -2.74. The molecule has 1 saturated heterocycles. The zero-order valence-electron chi connectivity index (χ0n) is 19.1. The van der Waals surface area contributed by atoms with Crippen molar-refractivity contribution in [3.8, 4) is 11.7 Å². The number of nitrogens with one attached hydrogen (secondary N) is 1. The minimum Gasteiger partial charge on any atom is -0.492 e. The summed E-state index contributed by atoms with van der Waals surface area (Å²) in [6.45, 7) is 9.73. The van der Waals surface area contributed by atoms with Crippen molar-refractivity contribution in [3.05, 3.63) is 53.1 Å². The molecule has 1 fully saturated rings. The van der Waals surface area contributed by atoms with Gasteiger partial charge in [0, 0.05) is 29.3 Å². The fourth-order valence-electron chi connectivity index (χ4n) is 4.61. The largest absolute Gasteiger partial charge is 0.492 e. The molecule has 1 amide bonds. The molecule has 8 heteroatoms. The van der Waals surface area contributed by atoms with E-state index in [4.69, 9.17) is 4.98 Å². The van der Waals surface area contributed by atoms with Crippen LogP contribution in [0.2, 0.25) is 0 Å². The van der Waals surface area contributed by atoms with E-state index in [1.807, 2.05) is 6.08 Å². The zero-order valence-corrected chi connectivity index (χ0v) is 19.9. The molecule has 0 bridgehead atoms. The van der Waals surface area contributed by atoms with Gasteiger partial charge in [0.1, 0.15) is 5.82 Å². The maximum absolute atomic E-state index is 13.2. The molecule has 2 aromatic rings. The van der Waals surface area contributed by atoms with E-state index >= 15 is 0 Å². The van der Waals surface area contributed by atoms with Crippen molar-refractivity contribution in [1.29, 1.82) is 0 Å². The summed E-state index contributed by atoms with van der Waals surface area (Å²) in [4.78, 5) is 21.4. The minimum atomic E-state index is -0.173. The first-order valence-electron chi connectivity index (χ1n) is 11.1. The van der Waals surface area contributed by atoms with Gasteiger partial charge in [-0.25, -0.2) is 9.67 Å². The predicted octanol–water partition coefficient (Wildman–Crippen LogP) is 4.99. The summed E-state index contributed by atoms with van der Waals surface area (Å²) >= 11 is 1.34. The van der Waals surface area contributed by atoms with E-state index in [2.05, 4.69) is 54.6 Å². The second kappa shape index (κ2) is 8.65. The Morgan fingerprint density at radius 1 is 1.25 bits per heavy atom. The van der Waals surface area contributed by atoms with Crippen molar-refractivity contribution >= 4 is 23.7 Å². The predicted molar refractivity (Wildman–Crippen MR) is 129 cm³/mol. The Balaban J connectivity index is 1.70. The number of hydrogen-bond donors (Lipinski definition) is 2. The quantitative estimate of drug-likeness (QED) is 0.600. The molecule has 2 aromatic heterocycles. The lowest BCUT2D eigenvalue weighted by molar-refractivity contribution is 0.0984. The monoisotopic (exact) mass is 453 g/mol. The molecule has 4 rings (SSSR count). The molecule has 7 nitrogen and oxygen atoms in total. The molecular weight excluding hydrogens is 422 g/mol. The van der Waals surface area contributed by atoms with E-state index in [9.17, 15) is 9.90 Å². The highest BCUT2D eigenvalue weighted by Gasteiger charge is 2.46. The van der Waals surface area contributed by atoms with Crippen LogP contribution >= 0.6 is 11.9 Å². The van der Waals surface area contributed by atoms with Crippen molar-refractivity contribution in [1.82, 2.24) is 19.5 Å². The van der Waals surface area contributed by atoms with E-state index in [1.165, 1.54) is 22.7 Å². The van der Waals surface area contributed by atoms with Gasteiger partial charge in [0.15, 0.2) is 5.82 Å². The molecule has 0 radical (unpaired) electrons. The SMILES string of the molecule is CC[C@]1(C)CN(c2nc(-n3ccc(O)n3)ccc2C(=O)NSC2=CCCC=C2)C(C)(C)C1. The summed E-state index contributed by atoms with van der Waals surface area (Å²) < 4.78 is 4.51. The molecule has 2 N–H and O–H groups in total. The average molecular weight is 454 g/mol. The van der Waals surface area contributed by atoms with Crippen LogP contribution in [0.15, 0.2) is 47.5 Å². The molecule has 1 atom stereocenters. The number of carbonyl (C=O) groups excluding carboxylic acids is 1. The molecule has 0 saturated carbocycles. The lowest BCUT2D eigenvalue weighted by atomic mass is 9.82. The number of rotatable bonds is 6. The maximum Gasteiger partial charge on any atom is 0.265 e. The first-order valence-corrected chi connectivity index (χ1v) is 11.9. The van der Waals surface area contributed by atoms with Gasteiger partial charge in [0.2, 0.25) is 5.88 Å². The number of hydrogen-bond acceptors (Lipinski definition) is 6. The normalized spacial score (nSPS) is 22.1. The molecule has 3 heterocycles. The van der Waals surface area contributed by atoms with Crippen molar-refractivity contribution in [3.63, 3.8) is 0 Å². The second-order valence-corrected chi connectivity index (χ2v) is 10.4. The van der Waals surface area contributed by atoms with Crippen LogP contribution in [0.3, 0.4) is 0 Å². The number of nitrogens with zero attached hydrogens (tertiary/aromatic N) is 4. The fraction of sp³-hybridized carbons (Fsp3) is 0.458. The van der Waals surface area contributed by atoms with Crippen LogP contribution in [0.4, 0.5) is 5.82 Å². The third-order valence-electron chi connectivity index (χ3n) is 6.38. The lowest BCUT2D eigenvalue weighted by Crippen LogP contribution is -2.40. The Labute approximate surface area is 193 Å². The van der Waals surface area contributed by atoms with Gasteiger partial charge in [-0.15, -0.1) is 5.10 Å². The molecule has 1 aliphatic carbocycles. The number of carbonyl (C=O) groups is 1. The number of amides is 1. The van der Waals surface area contributed by atoms with Crippen LogP contribution in [0.1, 0.15) is 63.7 Å². The lowest BCUT2D eigenvalue weighted by Gasteiger charge is -2.34. The smallest absolute Gasteiger partial charge is 0.265 e. The molecule has 170 valence electrons. The third-order valence-corrected chi connectivity index (χ3v) is 7.20. The summed E-state index contributed by atoms with van der Waals surface area (Å²) in [6, 6.07) is 5.07. The first-order chi connectivity index (χ1) is 15.2. The molecule has 0 aromatic carbocycles. The van der Waals surface area contributed by atoms with Gasteiger partial charge >= 0.3 is 0 Å². The Morgan fingerprint density at radius 2 is 2.06 bits per heavy atom. The van der Waals surface area contributed by atoms with Gasteiger partial charge in [-0.3, -0.25) is 9.52 Å². The van der Waals surface area contributed by atoms with Gasteiger partial charge in [-0.05, 0) is 69.0 Å². The maximum atomic E-state index is 13.2. The van der Waals surface area contributed by atoms with Crippen molar-refractivity contribution in [2.24, 2.45) is 5.41 Å². The van der Waals surface area contributed by atoms with E-state index < -0.39 is 0 Å². The second-order valence-electron chi connectivity index (χ2n) is 9.52. The summed E-state index contributed by atoms with van der Waals surface area (Å²) in [6.07, 6.45) is 12.0. The van der Waals surface area contributed by atoms with E-state index in [0.717, 1.165) is 37.1 Å². The topological polar surface area (TPSA) is 83.3 Å². The highest BCUT2D eigenvalue weighted by atomic mass is 32.2. The van der Waals surface area contributed by atoms with Gasteiger partial charge in [-0.1, -0.05) is 32.1 Å². The standard InChI is InChI=1S/C24H31N5O2S/c1-5-24(4)15-23(2,3)28(16-24)21-18(22(31)27-32-17-9-7-6-8-10-17)11-12-19(25-21)29-14-13-20(30)26-29/h7,9-14H,5-6,8,15-16H2,1-4H3,(H,26,30)(H,27,31)/t24-/m0/s1. The Kier molecular flexibility index (Phi) is 6.07. The number of pyridine rings is 1. The number of anilines is 1. The van der Waals surface area contributed by atoms with Crippen molar-refractivity contribution in [2.75, 3.05) is 11.4 Å². The van der Waals surface area contributed by atoms with Gasteiger partial charge in [0.25, 0.3) is 5.91 Å². The summed E-state index contributed by atoms with van der Waals surface area (Å²) in [5.74, 6) is 0.961. The van der Waals surface area contributed by atoms with Gasteiger partial charge < -0.3 is 10.0 Å². The molecule has 0 spiro atoms. The van der Waals surface area contributed by atoms with E-state index in [1.54, 1.807) is 18.3 Å². The average Bonchev–Trinajstić information content (AvgIpc) is 3.32. The van der Waals surface area contributed by atoms with Crippen LogP contribution < -0.4 is 9.62 Å². The van der Waals surface area contributed by atoms with Crippen molar-refractivity contribution < 1.29 is 9.90 Å². The molecule has 1 aliphatic heterocycles. The summed E-state index contributed by atoms with van der Waals surface area (Å²) in [5, 5.41) is 13.7. The van der Waals surface area contributed by atoms with E-state index in [-0.39, 0.29) is 22.7 Å². The first kappa shape index (κ1) is 22.5. The number of allylic oxidation sites excluding steroid dienone is 3. The van der Waals surface area contributed by atoms with Crippen LogP contribution in [0.25, 0.3) is 5.82 Å². The number of aromatic hydroxyl groups is 1. The highest BCUT2D eigenvalue weighted by Crippen LogP contribution is 2.46. The van der Waals surface area contributed by atoms with E-state index in [0.29, 0.717) is 17.2 Å². The molecule has 32 heavy (non-hydrogen) atoms. The Bertz CT molecular complexity index is 1070. The van der Waals surface area contributed by atoms with Crippen LogP contribution in [0, 0.1) is 5.41 Å². The van der Waals surface area contributed by atoms with Crippen LogP contribution in [0.5, 0.6) is 5.88 Å². The molecule has 2 aliphatic rings. The highest BCUT2D eigenvalue weighted by molar-refractivity contribution is 8.01. The van der Waals surface area contributed by atoms with Crippen LogP contribution in [-0.4, -0.2) is 37.9 Å². The summed E-state index contributed by atoms with van der Waals surface area (Å²) in [5.41, 5.74) is 0.525. The van der Waals surface area contributed by atoms with Crippen LogP contribution in [-0.2, 0) is 0 Å². The molecular formula is C24H31N5O2S. The fourth-order valence-corrected chi connectivity index (χ4v) is 5.29. The zero-order chi connectivity index (χ0) is 22.9. The Morgan fingerprint density at radius 3 is 2.69 bits per heavy atom. The van der Waals surface area contributed by atoms with Gasteiger partial charge in [-0.2, -0.15) is 0 Å². The van der Waals surface area contributed by atoms with Crippen molar-refractivity contribution in [2.45, 2.75) is 58.9 Å². The minimum absolute atomic E-state index is 0.0690. The van der Waals surface area contributed by atoms with Gasteiger partial charge in [0.05, 0.1) is 5.56 Å². The summed E-state index contributed by atoms with van der Waals surface area (Å²) in [7, 11) is 0. The third kappa shape index (κ3) is 4.55. The molecule has 0 unspecified atom stereocenters.